The molecule has 0 aromatic heterocycles. The Labute approximate surface area is 209 Å². The molecule has 1 aromatic carbocycles. The molecule has 2 aliphatic heterocycles. The van der Waals surface area contributed by atoms with Crippen molar-refractivity contribution in [1.29, 1.82) is 0 Å². The van der Waals surface area contributed by atoms with Crippen molar-refractivity contribution in [2.24, 2.45) is 16.8 Å². The number of aliphatic hydroxyl groups excluding tert-OH is 1. The molecule has 1 aromatic rings. The Morgan fingerprint density at radius 1 is 1.16 bits per heavy atom. The van der Waals surface area contributed by atoms with Gasteiger partial charge in [0.2, 0.25) is 6.79 Å². The number of fused-ring (bicyclic) bond motifs is 1. The first-order valence-electron chi connectivity index (χ1n) is 11.7. The lowest BCUT2D eigenvalue weighted by Crippen LogP contribution is -2.42. The molecular formula is C24H40IN3O4. The third-order valence-electron chi connectivity index (χ3n) is 6.22. The third kappa shape index (κ3) is 7.38. The molecule has 0 bridgehead atoms. The maximum atomic E-state index is 9.41. The SMILES string of the molecule is CCNC(=NCC1(c2ccc3c(c2)OCO3)CCOCC1)NCC(CCO)CC(C)C.I. The third-order valence-corrected chi connectivity index (χ3v) is 6.22. The molecule has 182 valence electrons. The topological polar surface area (TPSA) is 84.3 Å². The standard InChI is InChI=1S/C24H39N3O4.HI/c1-4-25-23(26-15-19(7-10-28)13-18(2)3)27-16-24(8-11-29-12-9-24)20-5-6-21-22(14-20)31-17-30-21;/h5-6,14,18-19,28H,4,7-13,15-17H2,1-3H3,(H2,25,26,27);1H. The van der Waals surface area contributed by atoms with Crippen molar-refractivity contribution in [3.8, 4) is 11.5 Å². The number of ether oxygens (including phenoxy) is 3. The number of rotatable bonds is 10. The van der Waals surface area contributed by atoms with Gasteiger partial charge in [0.25, 0.3) is 0 Å². The number of benzene rings is 1. The first-order valence-corrected chi connectivity index (χ1v) is 11.7. The summed E-state index contributed by atoms with van der Waals surface area (Å²) in [6.45, 7) is 10.8. The second-order valence-electron chi connectivity index (χ2n) is 9.04. The van der Waals surface area contributed by atoms with Gasteiger partial charge >= 0.3 is 0 Å². The molecule has 0 amide bonds. The molecule has 32 heavy (non-hydrogen) atoms. The average Bonchev–Trinajstić information content (AvgIpc) is 3.24. The summed E-state index contributed by atoms with van der Waals surface area (Å²) < 4.78 is 16.8. The van der Waals surface area contributed by atoms with Gasteiger partial charge in [-0.1, -0.05) is 19.9 Å². The van der Waals surface area contributed by atoms with E-state index in [9.17, 15) is 5.11 Å². The van der Waals surface area contributed by atoms with E-state index in [4.69, 9.17) is 19.2 Å². The van der Waals surface area contributed by atoms with Crippen molar-refractivity contribution in [2.45, 2.75) is 51.9 Å². The lowest BCUT2D eigenvalue weighted by Gasteiger charge is -2.36. The van der Waals surface area contributed by atoms with Crippen LogP contribution in [-0.4, -0.2) is 57.3 Å². The summed E-state index contributed by atoms with van der Waals surface area (Å²) in [4.78, 5) is 4.99. The van der Waals surface area contributed by atoms with Crippen molar-refractivity contribution in [1.82, 2.24) is 10.6 Å². The quantitative estimate of drug-likeness (QED) is 0.230. The van der Waals surface area contributed by atoms with Gasteiger partial charge < -0.3 is 30.0 Å². The number of hydrogen-bond donors (Lipinski definition) is 3. The van der Waals surface area contributed by atoms with Gasteiger partial charge in [-0.15, -0.1) is 24.0 Å². The van der Waals surface area contributed by atoms with E-state index in [1.807, 2.05) is 6.07 Å². The van der Waals surface area contributed by atoms with Crippen LogP contribution in [0.15, 0.2) is 23.2 Å². The van der Waals surface area contributed by atoms with Gasteiger partial charge in [0.05, 0.1) is 6.54 Å². The van der Waals surface area contributed by atoms with Crippen LogP contribution < -0.4 is 20.1 Å². The van der Waals surface area contributed by atoms with Crippen LogP contribution in [0.4, 0.5) is 0 Å². The summed E-state index contributed by atoms with van der Waals surface area (Å²) in [5.74, 6) is 3.50. The van der Waals surface area contributed by atoms with Crippen molar-refractivity contribution < 1.29 is 19.3 Å². The molecule has 1 atom stereocenters. The van der Waals surface area contributed by atoms with Crippen LogP contribution in [0.1, 0.15) is 52.0 Å². The largest absolute Gasteiger partial charge is 0.454 e. The van der Waals surface area contributed by atoms with E-state index in [0.717, 1.165) is 69.4 Å². The van der Waals surface area contributed by atoms with Gasteiger partial charge in [-0.05, 0) is 62.1 Å². The fourth-order valence-corrected chi connectivity index (χ4v) is 4.49. The number of aliphatic imine (C=N–C) groups is 1. The van der Waals surface area contributed by atoms with E-state index >= 15 is 0 Å². The van der Waals surface area contributed by atoms with E-state index in [0.29, 0.717) is 18.4 Å². The molecule has 2 heterocycles. The van der Waals surface area contributed by atoms with Gasteiger partial charge in [-0.3, -0.25) is 4.99 Å². The molecule has 1 fully saturated rings. The van der Waals surface area contributed by atoms with Crippen molar-refractivity contribution in [3.63, 3.8) is 0 Å². The fourth-order valence-electron chi connectivity index (χ4n) is 4.49. The number of halogens is 1. The predicted molar refractivity (Wildman–Crippen MR) is 138 cm³/mol. The Morgan fingerprint density at radius 3 is 2.59 bits per heavy atom. The van der Waals surface area contributed by atoms with Gasteiger partial charge in [0, 0.05) is 38.3 Å². The normalized spacial score (nSPS) is 18.2. The summed E-state index contributed by atoms with van der Waals surface area (Å²) >= 11 is 0. The maximum absolute atomic E-state index is 9.41. The van der Waals surface area contributed by atoms with Gasteiger partial charge in [0.1, 0.15) is 0 Å². The second-order valence-corrected chi connectivity index (χ2v) is 9.04. The lowest BCUT2D eigenvalue weighted by molar-refractivity contribution is 0.0530. The molecule has 1 unspecified atom stereocenters. The predicted octanol–water partition coefficient (Wildman–Crippen LogP) is 3.68. The van der Waals surface area contributed by atoms with Crippen LogP contribution in [0.5, 0.6) is 11.5 Å². The number of guanidine groups is 1. The molecule has 0 aliphatic carbocycles. The fraction of sp³-hybridized carbons (Fsp3) is 0.708. The second kappa shape index (κ2) is 13.4. The molecular weight excluding hydrogens is 521 g/mol. The molecule has 0 radical (unpaired) electrons. The number of nitrogens with zero attached hydrogens (tertiary/aromatic N) is 1. The van der Waals surface area contributed by atoms with Crippen LogP contribution in [0.3, 0.4) is 0 Å². The van der Waals surface area contributed by atoms with Crippen LogP contribution in [0.2, 0.25) is 0 Å². The zero-order valence-corrected chi connectivity index (χ0v) is 22.0. The molecule has 7 nitrogen and oxygen atoms in total. The average molecular weight is 562 g/mol. The molecule has 0 saturated carbocycles. The van der Waals surface area contributed by atoms with Crippen molar-refractivity contribution in [2.75, 3.05) is 46.2 Å². The molecule has 0 spiro atoms. The Kier molecular flexibility index (Phi) is 11.3. The Balaban J connectivity index is 0.00000363. The summed E-state index contributed by atoms with van der Waals surface area (Å²) in [5.41, 5.74) is 1.15. The van der Waals surface area contributed by atoms with Gasteiger partial charge in [-0.25, -0.2) is 0 Å². The van der Waals surface area contributed by atoms with E-state index in [1.165, 1.54) is 5.56 Å². The first kappa shape index (κ1) is 27.0. The van der Waals surface area contributed by atoms with E-state index in [1.54, 1.807) is 0 Å². The van der Waals surface area contributed by atoms with E-state index in [-0.39, 0.29) is 42.8 Å². The number of aliphatic hydroxyl groups is 1. The smallest absolute Gasteiger partial charge is 0.231 e. The van der Waals surface area contributed by atoms with Crippen LogP contribution in [0.25, 0.3) is 0 Å². The minimum Gasteiger partial charge on any atom is -0.454 e. The van der Waals surface area contributed by atoms with Gasteiger partial charge in [0.15, 0.2) is 17.5 Å². The molecule has 8 heteroatoms. The highest BCUT2D eigenvalue weighted by atomic mass is 127. The van der Waals surface area contributed by atoms with E-state index < -0.39 is 0 Å². The summed E-state index contributed by atoms with van der Waals surface area (Å²) in [7, 11) is 0. The Morgan fingerprint density at radius 2 is 1.91 bits per heavy atom. The highest BCUT2D eigenvalue weighted by Gasteiger charge is 2.35. The molecule has 3 rings (SSSR count). The molecule has 1 saturated heterocycles. The van der Waals surface area contributed by atoms with Crippen LogP contribution >= 0.6 is 24.0 Å². The Hall–Kier alpha value is -1.26. The monoisotopic (exact) mass is 561 g/mol. The highest BCUT2D eigenvalue weighted by molar-refractivity contribution is 14.0. The summed E-state index contributed by atoms with van der Waals surface area (Å²) in [6.07, 6.45) is 3.75. The highest BCUT2D eigenvalue weighted by Crippen LogP contribution is 2.41. The zero-order chi connectivity index (χ0) is 22.1. The van der Waals surface area contributed by atoms with Crippen molar-refractivity contribution >= 4 is 29.9 Å². The molecule has 2 aliphatic rings. The van der Waals surface area contributed by atoms with Crippen molar-refractivity contribution in [3.05, 3.63) is 23.8 Å². The van der Waals surface area contributed by atoms with Crippen LogP contribution in [-0.2, 0) is 10.2 Å². The minimum atomic E-state index is -0.0794. The maximum Gasteiger partial charge on any atom is 0.231 e. The Bertz CT molecular complexity index is 723. The number of hydrogen-bond acceptors (Lipinski definition) is 5. The summed E-state index contributed by atoms with van der Waals surface area (Å²) in [5, 5.41) is 16.3. The van der Waals surface area contributed by atoms with E-state index in [2.05, 4.69) is 43.5 Å². The summed E-state index contributed by atoms with van der Waals surface area (Å²) in [6, 6.07) is 6.27. The van der Waals surface area contributed by atoms with Gasteiger partial charge in [-0.2, -0.15) is 0 Å². The molecule has 3 N–H and O–H groups in total. The lowest BCUT2D eigenvalue weighted by atomic mass is 9.74. The van der Waals surface area contributed by atoms with Crippen LogP contribution in [0, 0.1) is 11.8 Å². The minimum absolute atomic E-state index is 0. The first-order chi connectivity index (χ1) is 15.1. The zero-order valence-electron chi connectivity index (χ0n) is 19.7. The number of nitrogens with one attached hydrogen (secondary N) is 2.